The van der Waals surface area contributed by atoms with E-state index in [1.807, 2.05) is 24.3 Å². The number of anilines is 1. The maximum absolute atomic E-state index is 13.1. The standard InChI is InChI=1S/C15H12BrFN4S2/c16-10-3-1-9(2-4-10)8-18-14(22)20-21-15-19-12-7-11(17)5-6-13(12)23-15/h1-7H,8H2,(H,19,21)(H2,18,20,22). The minimum absolute atomic E-state index is 0.297. The number of hydrogen-bond acceptors (Lipinski definition) is 4. The molecule has 0 aliphatic rings. The molecule has 3 rings (SSSR count). The van der Waals surface area contributed by atoms with Crippen LogP contribution in [0.4, 0.5) is 9.52 Å². The van der Waals surface area contributed by atoms with Crippen molar-refractivity contribution < 1.29 is 4.39 Å². The van der Waals surface area contributed by atoms with Gasteiger partial charge in [-0.2, -0.15) is 0 Å². The molecule has 0 saturated heterocycles. The molecule has 0 aliphatic carbocycles. The van der Waals surface area contributed by atoms with Crippen LogP contribution in [0.5, 0.6) is 0 Å². The molecule has 0 saturated carbocycles. The number of nitrogens with one attached hydrogen (secondary N) is 3. The molecule has 1 aromatic heterocycles. The zero-order chi connectivity index (χ0) is 16.2. The van der Waals surface area contributed by atoms with Gasteiger partial charge in [-0.1, -0.05) is 39.4 Å². The average molecular weight is 411 g/mol. The van der Waals surface area contributed by atoms with Gasteiger partial charge in [0, 0.05) is 17.1 Å². The van der Waals surface area contributed by atoms with Gasteiger partial charge in [0.05, 0.1) is 10.2 Å². The van der Waals surface area contributed by atoms with Crippen LogP contribution in [0.15, 0.2) is 46.9 Å². The third kappa shape index (κ3) is 4.37. The van der Waals surface area contributed by atoms with Crippen molar-refractivity contribution in [2.24, 2.45) is 0 Å². The van der Waals surface area contributed by atoms with Crippen molar-refractivity contribution >= 4 is 59.9 Å². The number of rotatable bonds is 4. The maximum atomic E-state index is 13.1. The molecule has 3 N–H and O–H groups in total. The molecule has 0 amide bonds. The number of nitrogens with zero attached hydrogens (tertiary/aromatic N) is 1. The number of fused-ring (bicyclic) bond motifs is 1. The summed E-state index contributed by atoms with van der Waals surface area (Å²) in [6.45, 7) is 0.617. The highest BCUT2D eigenvalue weighted by molar-refractivity contribution is 9.10. The van der Waals surface area contributed by atoms with E-state index in [0.29, 0.717) is 22.3 Å². The van der Waals surface area contributed by atoms with Gasteiger partial charge in [-0.25, -0.2) is 9.37 Å². The van der Waals surface area contributed by atoms with Crippen molar-refractivity contribution in [3.05, 3.63) is 58.3 Å². The summed E-state index contributed by atoms with van der Waals surface area (Å²) in [4.78, 5) is 4.29. The summed E-state index contributed by atoms with van der Waals surface area (Å²) in [5.74, 6) is -0.297. The van der Waals surface area contributed by atoms with E-state index in [9.17, 15) is 4.39 Å². The van der Waals surface area contributed by atoms with Gasteiger partial charge in [0.2, 0.25) is 5.13 Å². The molecule has 1 heterocycles. The lowest BCUT2D eigenvalue weighted by molar-refractivity contribution is 0.629. The Morgan fingerprint density at radius 1 is 1.22 bits per heavy atom. The van der Waals surface area contributed by atoms with Gasteiger partial charge in [-0.3, -0.25) is 10.9 Å². The van der Waals surface area contributed by atoms with Crippen LogP contribution in [-0.4, -0.2) is 10.1 Å². The van der Waals surface area contributed by atoms with Crippen LogP contribution in [0.2, 0.25) is 0 Å². The lowest BCUT2D eigenvalue weighted by atomic mass is 10.2. The Hall–Kier alpha value is -1.77. The van der Waals surface area contributed by atoms with E-state index in [2.05, 4.69) is 37.1 Å². The molecule has 0 unspecified atom stereocenters. The summed E-state index contributed by atoms with van der Waals surface area (Å²) in [5, 5.41) is 4.17. The lowest BCUT2D eigenvalue weighted by Gasteiger charge is -2.10. The minimum Gasteiger partial charge on any atom is -0.357 e. The first kappa shape index (κ1) is 16.1. The van der Waals surface area contributed by atoms with Gasteiger partial charge >= 0.3 is 0 Å². The number of halogens is 2. The van der Waals surface area contributed by atoms with E-state index in [0.717, 1.165) is 14.7 Å². The Bertz CT molecular complexity index is 835. The van der Waals surface area contributed by atoms with Crippen LogP contribution in [0.3, 0.4) is 0 Å². The van der Waals surface area contributed by atoms with Crippen molar-refractivity contribution in [2.75, 3.05) is 5.43 Å². The van der Waals surface area contributed by atoms with Crippen LogP contribution in [-0.2, 0) is 6.54 Å². The fraction of sp³-hybridized carbons (Fsp3) is 0.0667. The van der Waals surface area contributed by atoms with Gasteiger partial charge in [-0.05, 0) is 42.0 Å². The fourth-order valence-corrected chi connectivity index (χ4v) is 3.08. The maximum Gasteiger partial charge on any atom is 0.202 e. The van der Waals surface area contributed by atoms with Crippen molar-refractivity contribution in [2.45, 2.75) is 6.54 Å². The van der Waals surface area contributed by atoms with Gasteiger partial charge in [0.25, 0.3) is 0 Å². The molecule has 0 atom stereocenters. The summed E-state index contributed by atoms with van der Waals surface area (Å²) in [5.41, 5.74) is 7.53. The Kier molecular flexibility index (Phi) is 5.04. The number of thiocarbonyl (C=S) groups is 1. The molecule has 0 radical (unpaired) electrons. The largest absolute Gasteiger partial charge is 0.357 e. The highest BCUT2D eigenvalue weighted by Crippen LogP contribution is 2.25. The molecule has 8 heteroatoms. The van der Waals surface area contributed by atoms with Crippen LogP contribution < -0.4 is 16.2 Å². The number of aromatic nitrogens is 1. The van der Waals surface area contributed by atoms with Crippen molar-refractivity contribution in [3.63, 3.8) is 0 Å². The number of hydrogen-bond donors (Lipinski definition) is 3. The van der Waals surface area contributed by atoms with E-state index in [-0.39, 0.29) is 5.82 Å². The molecule has 0 spiro atoms. The predicted octanol–water partition coefficient (Wildman–Crippen LogP) is 4.19. The first-order valence-corrected chi connectivity index (χ1v) is 8.72. The fourth-order valence-electron chi connectivity index (χ4n) is 1.89. The molecule has 0 bridgehead atoms. The highest BCUT2D eigenvalue weighted by atomic mass is 79.9. The van der Waals surface area contributed by atoms with E-state index in [1.54, 1.807) is 6.07 Å². The lowest BCUT2D eigenvalue weighted by Crippen LogP contribution is -2.38. The first-order chi connectivity index (χ1) is 11.1. The summed E-state index contributed by atoms with van der Waals surface area (Å²) in [6, 6.07) is 12.5. The van der Waals surface area contributed by atoms with Gasteiger partial charge in [0.15, 0.2) is 5.11 Å². The first-order valence-electron chi connectivity index (χ1n) is 6.70. The topological polar surface area (TPSA) is 49.0 Å². The molecule has 23 heavy (non-hydrogen) atoms. The van der Waals surface area contributed by atoms with E-state index in [4.69, 9.17) is 12.2 Å². The number of thiazole rings is 1. The SMILES string of the molecule is Fc1ccc2sc(NNC(=S)NCc3ccc(Br)cc3)nc2c1. The Morgan fingerprint density at radius 3 is 2.78 bits per heavy atom. The third-order valence-electron chi connectivity index (χ3n) is 3.00. The molecule has 0 aliphatic heterocycles. The quantitative estimate of drug-likeness (QED) is 0.444. The van der Waals surface area contributed by atoms with Crippen molar-refractivity contribution in [1.29, 1.82) is 0 Å². The highest BCUT2D eigenvalue weighted by Gasteiger charge is 2.05. The third-order valence-corrected chi connectivity index (χ3v) is 4.73. The average Bonchev–Trinajstić information content (AvgIpc) is 2.94. The smallest absolute Gasteiger partial charge is 0.202 e. The van der Waals surface area contributed by atoms with Crippen LogP contribution >= 0.6 is 39.5 Å². The Balaban J connectivity index is 1.52. The second-order valence-electron chi connectivity index (χ2n) is 4.69. The van der Waals surface area contributed by atoms with Crippen molar-refractivity contribution in [3.8, 4) is 0 Å². The van der Waals surface area contributed by atoms with Crippen LogP contribution in [0, 0.1) is 5.82 Å². The normalized spacial score (nSPS) is 10.5. The van der Waals surface area contributed by atoms with Gasteiger partial charge in [-0.15, -0.1) is 0 Å². The summed E-state index contributed by atoms with van der Waals surface area (Å²) < 4.78 is 15.1. The summed E-state index contributed by atoms with van der Waals surface area (Å²) in [7, 11) is 0. The van der Waals surface area contributed by atoms with Crippen molar-refractivity contribution in [1.82, 2.24) is 15.7 Å². The monoisotopic (exact) mass is 410 g/mol. The molecule has 2 aromatic carbocycles. The number of hydrazine groups is 1. The molecule has 0 fully saturated rings. The molecule has 118 valence electrons. The van der Waals surface area contributed by atoms with E-state index >= 15 is 0 Å². The number of benzene rings is 2. The molecule has 3 aromatic rings. The van der Waals surface area contributed by atoms with E-state index in [1.165, 1.54) is 23.5 Å². The summed E-state index contributed by atoms with van der Waals surface area (Å²) >= 11 is 10.0. The molecular weight excluding hydrogens is 399 g/mol. The van der Waals surface area contributed by atoms with Crippen LogP contribution in [0.25, 0.3) is 10.2 Å². The Labute approximate surface area is 150 Å². The predicted molar refractivity (Wildman–Crippen MR) is 99.9 cm³/mol. The van der Waals surface area contributed by atoms with Crippen LogP contribution in [0.1, 0.15) is 5.56 Å². The van der Waals surface area contributed by atoms with E-state index < -0.39 is 0 Å². The Morgan fingerprint density at radius 2 is 2.00 bits per heavy atom. The zero-order valence-electron chi connectivity index (χ0n) is 11.8. The van der Waals surface area contributed by atoms with Gasteiger partial charge < -0.3 is 5.32 Å². The molecule has 4 nitrogen and oxygen atoms in total. The zero-order valence-corrected chi connectivity index (χ0v) is 15.0. The second kappa shape index (κ2) is 7.20. The summed E-state index contributed by atoms with van der Waals surface area (Å²) in [6.07, 6.45) is 0. The second-order valence-corrected chi connectivity index (χ2v) is 7.04. The minimum atomic E-state index is -0.297. The molecular formula is C15H12BrFN4S2. The van der Waals surface area contributed by atoms with Gasteiger partial charge in [0.1, 0.15) is 5.82 Å².